The van der Waals surface area contributed by atoms with Gasteiger partial charge >= 0.3 is 11.9 Å². The predicted molar refractivity (Wildman–Crippen MR) is 190 cm³/mol. The number of para-hydroxylation sites is 2. The van der Waals surface area contributed by atoms with E-state index in [0.29, 0.717) is 0 Å². The molecule has 0 saturated carbocycles. The van der Waals surface area contributed by atoms with E-state index in [1.54, 1.807) is 23.6 Å². The number of esters is 2. The summed E-state index contributed by atoms with van der Waals surface area (Å²) >= 11 is 0. The van der Waals surface area contributed by atoms with Gasteiger partial charge in [0, 0.05) is 0 Å². The van der Waals surface area contributed by atoms with Gasteiger partial charge in [-0.15, -0.1) is 0 Å². The molecule has 0 aromatic heterocycles. The van der Waals surface area contributed by atoms with Crippen LogP contribution in [0, 0.1) is 27.7 Å². The number of carbonyl (C=O) groups excluding carboxylic acids is 4. The SMILES string of the molecule is COC(=O)C(C)N(C(=O)Cc1ccccc1)c1c(C)cccc1C.COC(=O)C(C)N(C(=O)Cc1ccccc1)c1c(C)cccc1C. The fourth-order valence-electron chi connectivity index (χ4n) is 5.70. The van der Waals surface area contributed by atoms with Crippen molar-refractivity contribution in [3.05, 3.63) is 130 Å². The number of hydrogen-bond donors (Lipinski definition) is 0. The van der Waals surface area contributed by atoms with E-state index >= 15 is 0 Å². The van der Waals surface area contributed by atoms with Gasteiger partial charge in [0.15, 0.2) is 0 Å². The number of anilines is 2. The van der Waals surface area contributed by atoms with Crippen molar-refractivity contribution in [2.24, 2.45) is 0 Å². The van der Waals surface area contributed by atoms with Crippen molar-refractivity contribution >= 4 is 35.1 Å². The minimum Gasteiger partial charge on any atom is -0.467 e. The Morgan fingerprint density at radius 3 is 1.06 bits per heavy atom. The maximum atomic E-state index is 13.0. The molecule has 2 atom stereocenters. The van der Waals surface area contributed by atoms with Crippen LogP contribution in [0.15, 0.2) is 97.1 Å². The summed E-state index contributed by atoms with van der Waals surface area (Å²) in [5.74, 6) is -1.12. The molecule has 8 heteroatoms. The Hall–Kier alpha value is -5.24. The molecular formula is C40H46N2O6. The molecule has 8 nitrogen and oxygen atoms in total. The maximum Gasteiger partial charge on any atom is 0.328 e. The number of ether oxygens (including phenoxy) is 2. The van der Waals surface area contributed by atoms with E-state index in [0.717, 1.165) is 44.8 Å². The number of hydrogen-bond acceptors (Lipinski definition) is 6. The van der Waals surface area contributed by atoms with E-state index in [-0.39, 0.29) is 24.7 Å². The zero-order chi connectivity index (χ0) is 35.4. The molecule has 48 heavy (non-hydrogen) atoms. The standard InChI is InChI=1S/2C20H23NO3/c2*1-14-9-8-10-15(2)19(14)21(16(3)20(23)24-4)18(22)13-17-11-6-5-7-12-17/h2*5-12,16H,13H2,1-4H3. The highest BCUT2D eigenvalue weighted by Gasteiger charge is 2.31. The number of carbonyl (C=O) groups is 4. The first-order valence-corrected chi connectivity index (χ1v) is 15.9. The third-order valence-corrected chi connectivity index (χ3v) is 8.15. The number of amides is 2. The Kier molecular flexibility index (Phi) is 13.7. The Bertz CT molecular complexity index is 1540. The highest BCUT2D eigenvalue weighted by atomic mass is 16.5. The molecule has 0 heterocycles. The molecule has 2 amide bonds. The summed E-state index contributed by atoms with van der Waals surface area (Å²) in [6.07, 6.45) is 0.464. The Morgan fingerprint density at radius 2 is 0.792 bits per heavy atom. The highest BCUT2D eigenvalue weighted by molar-refractivity contribution is 6.02. The van der Waals surface area contributed by atoms with E-state index in [2.05, 4.69) is 0 Å². The number of aryl methyl sites for hydroxylation is 4. The van der Waals surface area contributed by atoms with Gasteiger partial charge < -0.3 is 9.47 Å². The lowest BCUT2D eigenvalue weighted by molar-refractivity contribution is -0.143. The lowest BCUT2D eigenvalue weighted by Crippen LogP contribution is -2.45. The normalized spacial score (nSPS) is 11.7. The van der Waals surface area contributed by atoms with E-state index in [9.17, 15) is 19.2 Å². The molecule has 0 aliphatic heterocycles. The maximum absolute atomic E-state index is 13.0. The fourth-order valence-corrected chi connectivity index (χ4v) is 5.70. The van der Waals surface area contributed by atoms with Gasteiger partial charge in [-0.3, -0.25) is 19.4 Å². The van der Waals surface area contributed by atoms with E-state index in [1.807, 2.05) is 125 Å². The number of rotatable bonds is 10. The van der Waals surface area contributed by atoms with Crippen LogP contribution in [0.3, 0.4) is 0 Å². The summed E-state index contributed by atoms with van der Waals surface area (Å²) in [7, 11) is 2.67. The molecule has 252 valence electrons. The molecule has 0 bridgehead atoms. The second-order valence-electron chi connectivity index (χ2n) is 11.7. The van der Waals surface area contributed by atoms with Crippen LogP contribution in [0.2, 0.25) is 0 Å². The summed E-state index contributed by atoms with van der Waals surface area (Å²) in [6, 6.07) is 29.3. The summed E-state index contributed by atoms with van der Waals surface area (Å²) in [5.41, 5.74) is 7.18. The molecule has 0 fully saturated rings. The summed E-state index contributed by atoms with van der Waals surface area (Å²) in [5, 5.41) is 0. The molecule has 4 rings (SSSR count). The van der Waals surface area contributed by atoms with Crippen molar-refractivity contribution in [2.45, 2.75) is 66.5 Å². The molecular weight excluding hydrogens is 604 g/mol. The number of methoxy groups -OCH3 is 2. The Labute approximate surface area is 284 Å². The highest BCUT2D eigenvalue weighted by Crippen LogP contribution is 2.29. The predicted octanol–water partition coefficient (Wildman–Crippen LogP) is 6.88. The second-order valence-corrected chi connectivity index (χ2v) is 11.7. The number of benzene rings is 4. The van der Waals surface area contributed by atoms with Gasteiger partial charge in [0.1, 0.15) is 12.1 Å². The van der Waals surface area contributed by atoms with Crippen molar-refractivity contribution < 1.29 is 28.7 Å². The summed E-state index contributed by atoms with van der Waals surface area (Å²) in [4.78, 5) is 53.3. The lowest BCUT2D eigenvalue weighted by atomic mass is 10.0. The van der Waals surface area contributed by atoms with Crippen LogP contribution in [0.1, 0.15) is 47.2 Å². The minimum atomic E-state index is -0.689. The third-order valence-electron chi connectivity index (χ3n) is 8.15. The number of nitrogens with zero attached hydrogens (tertiary/aromatic N) is 2. The zero-order valence-corrected chi connectivity index (χ0v) is 29.2. The van der Waals surface area contributed by atoms with Crippen LogP contribution in [-0.2, 0) is 41.5 Å². The molecule has 4 aromatic carbocycles. The van der Waals surface area contributed by atoms with Crippen molar-refractivity contribution in [3.8, 4) is 0 Å². The first-order chi connectivity index (χ1) is 22.9. The smallest absolute Gasteiger partial charge is 0.328 e. The molecule has 0 saturated heterocycles. The van der Waals surface area contributed by atoms with E-state index in [1.165, 1.54) is 14.2 Å². The average molecular weight is 651 g/mol. The van der Waals surface area contributed by atoms with Crippen LogP contribution >= 0.6 is 0 Å². The minimum absolute atomic E-state index is 0.128. The monoisotopic (exact) mass is 650 g/mol. The van der Waals surface area contributed by atoms with Gasteiger partial charge in [0.05, 0.1) is 38.4 Å². The molecule has 0 aliphatic carbocycles. The van der Waals surface area contributed by atoms with Crippen LogP contribution in [0.5, 0.6) is 0 Å². The molecule has 4 aromatic rings. The van der Waals surface area contributed by atoms with Crippen molar-refractivity contribution in [1.29, 1.82) is 0 Å². The summed E-state index contributed by atoms with van der Waals surface area (Å²) < 4.78 is 9.72. The zero-order valence-electron chi connectivity index (χ0n) is 29.2. The summed E-state index contributed by atoms with van der Waals surface area (Å²) in [6.45, 7) is 11.1. The Morgan fingerprint density at radius 1 is 0.500 bits per heavy atom. The van der Waals surface area contributed by atoms with Crippen molar-refractivity contribution in [1.82, 2.24) is 0 Å². The van der Waals surface area contributed by atoms with Crippen molar-refractivity contribution in [2.75, 3.05) is 24.0 Å². The lowest BCUT2D eigenvalue weighted by Gasteiger charge is -2.30. The van der Waals surface area contributed by atoms with Crippen LogP contribution in [0.25, 0.3) is 0 Å². The van der Waals surface area contributed by atoms with Gasteiger partial charge in [0.25, 0.3) is 0 Å². The van der Waals surface area contributed by atoms with Crippen LogP contribution in [0.4, 0.5) is 11.4 Å². The van der Waals surface area contributed by atoms with Gasteiger partial charge in [-0.25, -0.2) is 9.59 Å². The largest absolute Gasteiger partial charge is 0.467 e. The molecule has 0 radical (unpaired) electrons. The first-order valence-electron chi connectivity index (χ1n) is 15.9. The van der Waals surface area contributed by atoms with E-state index in [4.69, 9.17) is 9.47 Å². The van der Waals surface area contributed by atoms with Crippen LogP contribution < -0.4 is 9.80 Å². The average Bonchev–Trinajstić information content (AvgIpc) is 3.08. The van der Waals surface area contributed by atoms with Crippen LogP contribution in [-0.4, -0.2) is 50.1 Å². The Balaban J connectivity index is 0.000000260. The molecule has 0 aliphatic rings. The molecule has 2 unspecified atom stereocenters. The molecule has 0 spiro atoms. The van der Waals surface area contributed by atoms with E-state index < -0.39 is 24.0 Å². The second kappa shape index (κ2) is 17.6. The fraction of sp³-hybridized carbons (Fsp3) is 0.300. The quantitative estimate of drug-likeness (QED) is 0.174. The third kappa shape index (κ3) is 9.41. The first kappa shape index (κ1) is 37.2. The topological polar surface area (TPSA) is 93.2 Å². The van der Waals surface area contributed by atoms with Gasteiger partial charge in [-0.1, -0.05) is 97.1 Å². The van der Waals surface area contributed by atoms with Gasteiger partial charge in [0.2, 0.25) is 11.8 Å². The molecule has 0 N–H and O–H groups in total. The van der Waals surface area contributed by atoms with Crippen molar-refractivity contribution in [3.63, 3.8) is 0 Å². The van der Waals surface area contributed by atoms with Gasteiger partial charge in [-0.2, -0.15) is 0 Å². The van der Waals surface area contributed by atoms with Gasteiger partial charge in [-0.05, 0) is 74.9 Å².